The lowest BCUT2D eigenvalue weighted by molar-refractivity contribution is -0.127. The Labute approximate surface area is 72.9 Å². The van der Waals surface area contributed by atoms with Crippen LogP contribution in [-0.4, -0.2) is 36.9 Å². The molecule has 0 radical (unpaired) electrons. The van der Waals surface area contributed by atoms with E-state index in [4.69, 9.17) is 5.73 Å². The van der Waals surface area contributed by atoms with Gasteiger partial charge in [-0.2, -0.15) is 0 Å². The second-order valence-electron chi connectivity index (χ2n) is 4.04. The molecule has 2 N–H and O–H groups in total. The van der Waals surface area contributed by atoms with Crippen LogP contribution in [0.1, 0.15) is 19.3 Å². The Morgan fingerprint density at radius 1 is 1.42 bits per heavy atom. The summed E-state index contributed by atoms with van der Waals surface area (Å²) in [5, 5.41) is 0. The quantitative estimate of drug-likeness (QED) is 0.631. The molecule has 12 heavy (non-hydrogen) atoms. The Morgan fingerprint density at radius 3 is 3.00 bits per heavy atom. The molecule has 68 valence electrons. The normalized spacial score (nSPS) is 39.9. The lowest BCUT2D eigenvalue weighted by Crippen LogP contribution is -2.42. The third kappa shape index (κ3) is 1.08. The van der Waals surface area contributed by atoms with E-state index in [1.165, 1.54) is 13.0 Å². The van der Waals surface area contributed by atoms with Gasteiger partial charge in [0.1, 0.15) is 0 Å². The maximum atomic E-state index is 11.6. The number of hydrogen-bond acceptors (Lipinski definition) is 3. The molecule has 2 fully saturated rings. The summed E-state index contributed by atoms with van der Waals surface area (Å²) in [4.78, 5) is 14.0. The lowest BCUT2D eigenvalue weighted by atomic mass is 9.77. The molecule has 0 aromatic heterocycles. The zero-order valence-corrected chi connectivity index (χ0v) is 7.38. The van der Waals surface area contributed by atoms with Gasteiger partial charge in [0.25, 0.3) is 0 Å². The number of hydrogen-bond donors (Lipinski definition) is 1. The molecule has 2 bridgehead atoms. The van der Waals surface area contributed by atoms with Gasteiger partial charge < -0.3 is 10.6 Å². The minimum absolute atomic E-state index is 0.0347. The summed E-state index contributed by atoms with van der Waals surface area (Å²) in [5.41, 5.74) is 5.38. The molecule has 2 unspecified atom stereocenters. The molecule has 2 aliphatic rings. The Kier molecular flexibility index (Phi) is 1.93. The van der Waals surface area contributed by atoms with Gasteiger partial charge in [0.15, 0.2) is 5.78 Å². The molecule has 2 heterocycles. The summed E-state index contributed by atoms with van der Waals surface area (Å²) in [7, 11) is 0. The fourth-order valence-electron chi connectivity index (χ4n) is 2.58. The van der Waals surface area contributed by atoms with E-state index in [9.17, 15) is 4.79 Å². The van der Waals surface area contributed by atoms with Crippen molar-refractivity contribution in [1.82, 2.24) is 4.90 Å². The summed E-state index contributed by atoms with van der Waals surface area (Å²) in [5.74, 6) is 0.282. The molecule has 2 rings (SSSR count). The van der Waals surface area contributed by atoms with E-state index in [1.54, 1.807) is 0 Å². The predicted octanol–water partition coefficient (Wildman–Crippen LogP) is 0.0001000. The Morgan fingerprint density at radius 2 is 2.25 bits per heavy atom. The monoisotopic (exact) mass is 168 g/mol. The van der Waals surface area contributed by atoms with Crippen molar-refractivity contribution < 1.29 is 4.79 Å². The largest absolute Gasteiger partial charge is 0.324 e. The Hall–Kier alpha value is -0.410. The standard InChI is InChI=1S/C9H16N2O/c10-6-8(12)9-2-1-4-11(7-9)5-3-9/h1-7,10H2. The summed E-state index contributed by atoms with van der Waals surface area (Å²) in [6, 6.07) is 0. The average molecular weight is 168 g/mol. The van der Waals surface area contributed by atoms with Crippen LogP contribution < -0.4 is 5.73 Å². The highest BCUT2D eigenvalue weighted by molar-refractivity contribution is 5.87. The number of Topliss-reactive ketones (excluding diaryl/α,β-unsaturated/α-hetero) is 1. The second-order valence-corrected chi connectivity index (χ2v) is 4.04. The number of fused-ring (bicyclic) bond motifs is 2. The number of carbonyl (C=O) groups excluding carboxylic acids is 1. The van der Waals surface area contributed by atoms with Gasteiger partial charge in [-0.15, -0.1) is 0 Å². The van der Waals surface area contributed by atoms with Crippen LogP contribution in [0, 0.1) is 5.41 Å². The first kappa shape index (κ1) is 8.20. The van der Waals surface area contributed by atoms with E-state index in [2.05, 4.69) is 4.90 Å². The summed E-state index contributed by atoms with van der Waals surface area (Å²) >= 11 is 0. The Bertz CT molecular complexity index is 201. The zero-order chi connectivity index (χ0) is 8.60. The average Bonchev–Trinajstić information content (AvgIpc) is 2.42. The molecule has 0 aromatic rings. The van der Waals surface area contributed by atoms with Gasteiger partial charge in [0.05, 0.1) is 6.54 Å². The van der Waals surface area contributed by atoms with Crippen LogP contribution in [0.15, 0.2) is 0 Å². The van der Waals surface area contributed by atoms with E-state index >= 15 is 0 Å². The molecule has 2 saturated heterocycles. The fraction of sp³-hybridized carbons (Fsp3) is 0.889. The van der Waals surface area contributed by atoms with Crippen LogP contribution in [0.4, 0.5) is 0 Å². The first-order chi connectivity index (χ1) is 5.77. The molecular weight excluding hydrogens is 152 g/mol. The zero-order valence-electron chi connectivity index (χ0n) is 7.38. The molecule has 0 spiro atoms. The third-order valence-electron chi connectivity index (χ3n) is 3.34. The van der Waals surface area contributed by atoms with E-state index in [0.29, 0.717) is 0 Å². The number of nitrogens with zero attached hydrogens (tertiary/aromatic N) is 1. The van der Waals surface area contributed by atoms with E-state index in [0.717, 1.165) is 25.9 Å². The molecule has 0 amide bonds. The predicted molar refractivity (Wildman–Crippen MR) is 46.8 cm³/mol. The Balaban J connectivity index is 2.15. The summed E-state index contributed by atoms with van der Waals surface area (Å²) in [6.07, 6.45) is 3.29. The molecule has 0 saturated carbocycles. The van der Waals surface area contributed by atoms with Gasteiger partial charge in [-0.1, -0.05) is 0 Å². The number of nitrogens with two attached hydrogens (primary N) is 1. The number of carbonyl (C=O) groups is 1. The highest BCUT2D eigenvalue weighted by Gasteiger charge is 2.45. The SMILES string of the molecule is NCC(=O)C12CCCN(CC1)C2. The molecule has 3 heteroatoms. The summed E-state index contributed by atoms with van der Waals surface area (Å²) < 4.78 is 0. The second kappa shape index (κ2) is 2.82. The van der Waals surface area contributed by atoms with Crippen molar-refractivity contribution in [3.8, 4) is 0 Å². The van der Waals surface area contributed by atoms with E-state index in [-0.39, 0.29) is 17.7 Å². The number of ketones is 1. The minimum Gasteiger partial charge on any atom is -0.324 e. The van der Waals surface area contributed by atoms with Crippen LogP contribution in [0.2, 0.25) is 0 Å². The van der Waals surface area contributed by atoms with Gasteiger partial charge in [-0.05, 0) is 32.4 Å². The highest BCUT2D eigenvalue weighted by Crippen LogP contribution is 2.39. The topological polar surface area (TPSA) is 46.3 Å². The van der Waals surface area contributed by atoms with Gasteiger partial charge >= 0.3 is 0 Å². The van der Waals surface area contributed by atoms with E-state index in [1.807, 2.05) is 0 Å². The maximum absolute atomic E-state index is 11.6. The number of rotatable bonds is 2. The third-order valence-corrected chi connectivity index (χ3v) is 3.34. The van der Waals surface area contributed by atoms with Gasteiger partial charge in [0.2, 0.25) is 0 Å². The molecule has 0 aromatic carbocycles. The van der Waals surface area contributed by atoms with Gasteiger partial charge in [-0.3, -0.25) is 4.79 Å². The van der Waals surface area contributed by atoms with Crippen molar-refractivity contribution in [3.63, 3.8) is 0 Å². The molecule has 2 atom stereocenters. The fourth-order valence-corrected chi connectivity index (χ4v) is 2.58. The summed E-state index contributed by atoms with van der Waals surface area (Å²) in [6.45, 7) is 3.49. The first-order valence-corrected chi connectivity index (χ1v) is 4.73. The van der Waals surface area contributed by atoms with Crippen molar-refractivity contribution in [2.45, 2.75) is 19.3 Å². The lowest BCUT2D eigenvalue weighted by Gasteiger charge is -2.32. The van der Waals surface area contributed by atoms with Crippen LogP contribution in [-0.2, 0) is 4.79 Å². The van der Waals surface area contributed by atoms with Crippen LogP contribution >= 0.6 is 0 Å². The van der Waals surface area contributed by atoms with Crippen molar-refractivity contribution in [3.05, 3.63) is 0 Å². The highest BCUT2D eigenvalue weighted by atomic mass is 16.1. The van der Waals surface area contributed by atoms with Crippen molar-refractivity contribution in [2.24, 2.45) is 11.1 Å². The molecule has 0 aliphatic carbocycles. The smallest absolute Gasteiger partial charge is 0.153 e. The first-order valence-electron chi connectivity index (χ1n) is 4.73. The maximum Gasteiger partial charge on any atom is 0.153 e. The minimum atomic E-state index is -0.0347. The van der Waals surface area contributed by atoms with Gasteiger partial charge in [0, 0.05) is 12.0 Å². The van der Waals surface area contributed by atoms with Crippen molar-refractivity contribution >= 4 is 5.78 Å². The van der Waals surface area contributed by atoms with Gasteiger partial charge in [-0.25, -0.2) is 0 Å². The van der Waals surface area contributed by atoms with Crippen LogP contribution in [0.25, 0.3) is 0 Å². The number of piperidine rings is 1. The molecule has 3 nitrogen and oxygen atoms in total. The molecule has 2 aliphatic heterocycles. The van der Waals surface area contributed by atoms with E-state index < -0.39 is 0 Å². The van der Waals surface area contributed by atoms with Crippen molar-refractivity contribution in [2.75, 3.05) is 26.2 Å². The van der Waals surface area contributed by atoms with Crippen molar-refractivity contribution in [1.29, 1.82) is 0 Å². The molecular formula is C9H16N2O. The van der Waals surface area contributed by atoms with Crippen LogP contribution in [0.5, 0.6) is 0 Å². The van der Waals surface area contributed by atoms with Crippen LogP contribution in [0.3, 0.4) is 0 Å².